The molecule has 0 bridgehead atoms. The molecule has 0 radical (unpaired) electrons. The van der Waals surface area contributed by atoms with E-state index in [0.29, 0.717) is 15.0 Å². The molecule has 0 unspecified atom stereocenters. The van der Waals surface area contributed by atoms with Gasteiger partial charge in [-0.2, -0.15) is 13.2 Å². The zero-order chi connectivity index (χ0) is 24.6. The number of benzene rings is 4. The van der Waals surface area contributed by atoms with Gasteiger partial charge in [0, 0.05) is 0 Å². The summed E-state index contributed by atoms with van der Waals surface area (Å²) < 4.78 is 61.7. The first kappa shape index (κ1) is 26.1. The van der Waals surface area contributed by atoms with Gasteiger partial charge in [-0.3, -0.25) is 0 Å². The zero-order valence-corrected chi connectivity index (χ0v) is 20.9. The molecule has 0 aromatic heterocycles. The molecule has 0 amide bonds. The van der Waals surface area contributed by atoms with Crippen molar-refractivity contribution in [2.45, 2.75) is 20.2 Å². The molecule has 0 aliphatic carbocycles. The second kappa shape index (κ2) is 11.7. The van der Waals surface area contributed by atoms with Crippen LogP contribution in [0.3, 0.4) is 0 Å². The summed E-state index contributed by atoms with van der Waals surface area (Å²) in [6.07, 6.45) is 0. The van der Waals surface area contributed by atoms with Gasteiger partial charge in [0.2, 0.25) is 0 Å². The molecule has 4 rings (SSSR count). The molecular weight excluding hydrogens is 548 g/mol. The minimum atomic E-state index is -6.09. The fraction of sp³-hybridized carbons (Fsp3) is 0.0400. The van der Waals surface area contributed by atoms with E-state index in [1.807, 2.05) is 0 Å². The van der Waals surface area contributed by atoms with Gasteiger partial charge in [-0.05, 0) is 0 Å². The third-order valence-corrected chi connectivity index (χ3v) is 9.21. The molecule has 0 heterocycles. The van der Waals surface area contributed by atoms with Crippen LogP contribution in [0.4, 0.5) is 13.2 Å². The molecule has 0 saturated carbocycles. The van der Waals surface area contributed by atoms with Crippen molar-refractivity contribution in [3.63, 3.8) is 0 Å². The van der Waals surface area contributed by atoms with Crippen LogP contribution < -0.4 is 8.92 Å². The van der Waals surface area contributed by atoms with E-state index >= 15 is 0 Å². The molecule has 0 spiro atoms. The van der Waals surface area contributed by atoms with Crippen molar-refractivity contribution in [2.75, 3.05) is 0 Å². The second-order valence-electron chi connectivity index (χ2n) is 6.72. The molecular formula is C25H19F3O3S2Se. The zero-order valence-electron chi connectivity index (χ0n) is 17.6. The SMILES string of the molecule is O=S(=O)([O-])C(F)(F)F.c1ccc([Se]c2ccc([S+](c3ccccc3)c3ccccc3)cc2)cc1. The van der Waals surface area contributed by atoms with Crippen LogP contribution in [0.5, 0.6) is 0 Å². The van der Waals surface area contributed by atoms with Crippen molar-refractivity contribution in [1.82, 2.24) is 0 Å². The number of rotatable bonds is 5. The molecule has 0 atom stereocenters. The monoisotopic (exact) mass is 568 g/mol. The van der Waals surface area contributed by atoms with Gasteiger partial charge in [-0.1, -0.05) is 0 Å². The second-order valence-corrected chi connectivity index (χ2v) is 12.5. The van der Waals surface area contributed by atoms with Gasteiger partial charge in [0.1, 0.15) is 0 Å². The maximum atomic E-state index is 10.7. The Morgan fingerprint density at radius 2 is 0.912 bits per heavy atom. The summed E-state index contributed by atoms with van der Waals surface area (Å²) in [5, 5.41) is 0. The molecule has 4 aromatic rings. The Hall–Kier alpha value is -2.55. The Balaban J connectivity index is 0.000000350. The van der Waals surface area contributed by atoms with E-state index in [1.54, 1.807) is 0 Å². The van der Waals surface area contributed by atoms with Crippen molar-refractivity contribution >= 4 is 44.9 Å². The third-order valence-electron chi connectivity index (χ3n) is 4.28. The third kappa shape index (κ3) is 7.48. The Morgan fingerprint density at radius 1 is 0.588 bits per heavy atom. The van der Waals surface area contributed by atoms with E-state index in [1.165, 1.54) is 23.6 Å². The molecule has 4 aromatic carbocycles. The summed E-state index contributed by atoms with van der Waals surface area (Å²) in [5.74, 6) is 0. The number of hydrogen-bond donors (Lipinski definition) is 0. The normalized spacial score (nSPS) is 11.6. The van der Waals surface area contributed by atoms with E-state index in [-0.39, 0.29) is 10.9 Å². The van der Waals surface area contributed by atoms with Crippen LogP contribution in [0.25, 0.3) is 0 Å². The molecule has 0 aliphatic rings. The van der Waals surface area contributed by atoms with Crippen molar-refractivity contribution in [1.29, 1.82) is 0 Å². The summed E-state index contributed by atoms with van der Waals surface area (Å²) in [5.41, 5.74) is -5.65. The average Bonchev–Trinajstić information content (AvgIpc) is 2.82. The van der Waals surface area contributed by atoms with Crippen LogP contribution >= 0.6 is 0 Å². The maximum absolute atomic E-state index is 10.7. The van der Waals surface area contributed by atoms with Crippen molar-refractivity contribution < 1.29 is 26.1 Å². The van der Waals surface area contributed by atoms with E-state index < -0.39 is 15.6 Å². The predicted octanol–water partition coefficient (Wildman–Crippen LogP) is 4.49. The summed E-state index contributed by atoms with van der Waals surface area (Å²) in [4.78, 5) is 4.09. The van der Waals surface area contributed by atoms with Crippen LogP contribution in [0, 0.1) is 0 Å². The molecule has 0 aliphatic heterocycles. The molecule has 0 saturated heterocycles. The van der Waals surface area contributed by atoms with Gasteiger partial charge < -0.3 is 4.55 Å². The van der Waals surface area contributed by atoms with Gasteiger partial charge in [0.25, 0.3) is 0 Å². The first-order chi connectivity index (χ1) is 16.1. The van der Waals surface area contributed by atoms with Crippen molar-refractivity contribution in [3.8, 4) is 0 Å². The van der Waals surface area contributed by atoms with Crippen molar-refractivity contribution in [3.05, 3.63) is 115 Å². The van der Waals surface area contributed by atoms with E-state index in [2.05, 4.69) is 115 Å². The number of alkyl halides is 3. The topological polar surface area (TPSA) is 57.2 Å². The van der Waals surface area contributed by atoms with Gasteiger partial charge in [0.05, 0.1) is 0 Å². The molecule has 34 heavy (non-hydrogen) atoms. The standard InChI is InChI=1S/C24H19SSe.CHF3O3S/c1-4-10-20(11-5-1)25(21-12-6-2-7-13-21)22-16-18-24(19-17-22)26-23-14-8-3-9-15-23;2-1(3,4)8(5,6)7/h1-19H;(H,5,6,7)/q+1;/p-1. The fourth-order valence-corrected chi connectivity index (χ4v) is 6.63. The van der Waals surface area contributed by atoms with Gasteiger partial charge in [-0.15, -0.1) is 0 Å². The summed E-state index contributed by atoms with van der Waals surface area (Å²) >= 11 is 0.359. The Bertz CT molecular complexity index is 1230. The Kier molecular flexibility index (Phi) is 8.99. The molecule has 3 nitrogen and oxygen atoms in total. The quantitative estimate of drug-likeness (QED) is 0.155. The van der Waals surface area contributed by atoms with Crippen LogP contribution in [-0.4, -0.2) is 33.4 Å². The minimum absolute atomic E-state index is 0.0624. The molecule has 176 valence electrons. The van der Waals surface area contributed by atoms with E-state index in [4.69, 9.17) is 13.0 Å². The van der Waals surface area contributed by atoms with Crippen LogP contribution in [-0.2, 0) is 21.0 Å². The molecule has 0 fully saturated rings. The van der Waals surface area contributed by atoms with Gasteiger partial charge in [-0.25, -0.2) is 8.42 Å². The van der Waals surface area contributed by atoms with E-state index in [0.717, 1.165) is 0 Å². The molecule has 0 N–H and O–H groups in total. The summed E-state index contributed by atoms with van der Waals surface area (Å²) in [6.45, 7) is 0. The van der Waals surface area contributed by atoms with Gasteiger partial charge >= 0.3 is 170 Å². The van der Waals surface area contributed by atoms with Gasteiger partial charge in [0.15, 0.2) is 10.1 Å². The van der Waals surface area contributed by atoms with Crippen LogP contribution in [0.2, 0.25) is 0 Å². The van der Waals surface area contributed by atoms with E-state index in [9.17, 15) is 13.2 Å². The number of hydrogen-bond acceptors (Lipinski definition) is 3. The summed E-state index contributed by atoms with van der Waals surface area (Å²) in [6, 6.07) is 41.6. The first-order valence-corrected chi connectivity index (χ1v) is 14.2. The average molecular weight is 568 g/mol. The van der Waals surface area contributed by atoms with Crippen molar-refractivity contribution in [2.24, 2.45) is 0 Å². The number of halogens is 3. The Labute approximate surface area is 205 Å². The Morgan fingerprint density at radius 3 is 1.29 bits per heavy atom. The summed E-state index contributed by atoms with van der Waals surface area (Å²) in [7, 11) is -6.15. The molecule has 9 heteroatoms. The van der Waals surface area contributed by atoms with Crippen LogP contribution in [0.1, 0.15) is 0 Å². The fourth-order valence-electron chi connectivity index (χ4n) is 2.79. The predicted molar refractivity (Wildman–Crippen MR) is 129 cm³/mol. The van der Waals surface area contributed by atoms with Crippen LogP contribution in [0.15, 0.2) is 130 Å². The first-order valence-electron chi connectivity index (χ1n) is 9.85.